The van der Waals surface area contributed by atoms with Crippen molar-refractivity contribution in [2.75, 3.05) is 7.11 Å². The van der Waals surface area contributed by atoms with Crippen LogP contribution in [0.1, 0.15) is 64.7 Å². The van der Waals surface area contributed by atoms with E-state index < -0.39 is 5.97 Å². The Morgan fingerprint density at radius 3 is 2.31 bits per heavy atom. The lowest BCUT2D eigenvalue weighted by molar-refractivity contribution is -0.137. The fourth-order valence-electron chi connectivity index (χ4n) is 1.88. The summed E-state index contributed by atoms with van der Waals surface area (Å²) < 4.78 is 5.37. The van der Waals surface area contributed by atoms with Gasteiger partial charge < -0.3 is 9.84 Å². The molecule has 0 spiro atoms. The van der Waals surface area contributed by atoms with E-state index in [-0.39, 0.29) is 0 Å². The average molecular weight is 230 g/mol. The van der Waals surface area contributed by atoms with Crippen LogP contribution in [0.2, 0.25) is 0 Å². The SMILES string of the molecule is CCCC(CCCCCCCC(=O)O)OC. The fraction of sp³-hybridized carbons (Fsp3) is 0.923. The molecule has 0 amide bonds. The lowest BCUT2D eigenvalue weighted by Crippen LogP contribution is -2.09. The van der Waals surface area contributed by atoms with E-state index in [0.717, 1.165) is 32.1 Å². The zero-order valence-corrected chi connectivity index (χ0v) is 10.7. The maximum atomic E-state index is 10.3. The van der Waals surface area contributed by atoms with Gasteiger partial charge in [-0.15, -0.1) is 0 Å². The Labute approximate surface area is 99.2 Å². The van der Waals surface area contributed by atoms with Crippen LogP contribution in [0.5, 0.6) is 0 Å². The fourth-order valence-corrected chi connectivity index (χ4v) is 1.88. The minimum absolute atomic E-state index is 0.316. The van der Waals surface area contributed by atoms with Crippen LogP contribution >= 0.6 is 0 Å². The lowest BCUT2D eigenvalue weighted by Gasteiger charge is -2.13. The van der Waals surface area contributed by atoms with Crippen molar-refractivity contribution < 1.29 is 14.6 Å². The summed E-state index contributed by atoms with van der Waals surface area (Å²) in [6.07, 6.45) is 9.61. The molecule has 0 saturated heterocycles. The Kier molecular flexibility index (Phi) is 10.5. The van der Waals surface area contributed by atoms with Gasteiger partial charge in [0.15, 0.2) is 0 Å². The zero-order chi connectivity index (χ0) is 12.2. The minimum Gasteiger partial charge on any atom is -0.481 e. The molecule has 0 aromatic rings. The van der Waals surface area contributed by atoms with Crippen LogP contribution in [0.25, 0.3) is 0 Å². The highest BCUT2D eigenvalue weighted by molar-refractivity contribution is 5.66. The molecular formula is C13H26O3. The van der Waals surface area contributed by atoms with Crippen LogP contribution in [0, 0.1) is 0 Å². The van der Waals surface area contributed by atoms with Crippen molar-refractivity contribution in [1.82, 2.24) is 0 Å². The largest absolute Gasteiger partial charge is 0.481 e. The summed E-state index contributed by atoms with van der Waals surface area (Å²) in [4.78, 5) is 10.3. The number of carbonyl (C=O) groups is 1. The molecule has 0 fully saturated rings. The third-order valence-electron chi connectivity index (χ3n) is 2.86. The minimum atomic E-state index is -0.678. The number of hydrogen-bond donors (Lipinski definition) is 1. The number of unbranched alkanes of at least 4 members (excludes halogenated alkanes) is 4. The molecule has 0 heterocycles. The zero-order valence-electron chi connectivity index (χ0n) is 10.7. The smallest absolute Gasteiger partial charge is 0.303 e. The molecule has 0 saturated carbocycles. The highest BCUT2D eigenvalue weighted by Crippen LogP contribution is 2.13. The van der Waals surface area contributed by atoms with Gasteiger partial charge in [0.25, 0.3) is 0 Å². The molecule has 3 nitrogen and oxygen atoms in total. The second-order valence-electron chi connectivity index (χ2n) is 4.35. The summed E-state index contributed by atoms with van der Waals surface area (Å²) in [5, 5.41) is 8.46. The number of carboxylic acids is 1. The molecule has 1 atom stereocenters. The number of carboxylic acid groups (broad SMARTS) is 1. The van der Waals surface area contributed by atoms with Gasteiger partial charge in [-0.25, -0.2) is 0 Å². The van der Waals surface area contributed by atoms with E-state index in [1.54, 1.807) is 7.11 Å². The van der Waals surface area contributed by atoms with E-state index in [0.29, 0.717) is 12.5 Å². The van der Waals surface area contributed by atoms with E-state index in [2.05, 4.69) is 6.92 Å². The quantitative estimate of drug-likeness (QED) is 0.551. The van der Waals surface area contributed by atoms with E-state index in [4.69, 9.17) is 9.84 Å². The lowest BCUT2D eigenvalue weighted by atomic mass is 10.0. The molecule has 1 N–H and O–H groups in total. The first kappa shape index (κ1) is 15.4. The van der Waals surface area contributed by atoms with Gasteiger partial charge in [-0.3, -0.25) is 4.79 Å². The summed E-state index contributed by atoms with van der Waals surface area (Å²) in [5.74, 6) is -0.678. The molecule has 0 rings (SSSR count). The van der Waals surface area contributed by atoms with Crippen LogP contribution in [0.3, 0.4) is 0 Å². The highest BCUT2D eigenvalue weighted by Gasteiger charge is 2.04. The predicted molar refractivity (Wildman–Crippen MR) is 65.7 cm³/mol. The maximum absolute atomic E-state index is 10.3. The molecule has 0 aromatic heterocycles. The van der Waals surface area contributed by atoms with Crippen LogP contribution in [0.4, 0.5) is 0 Å². The van der Waals surface area contributed by atoms with E-state index in [1.807, 2.05) is 0 Å². The third kappa shape index (κ3) is 9.97. The van der Waals surface area contributed by atoms with Crippen LogP contribution in [-0.2, 0) is 9.53 Å². The molecule has 0 aliphatic heterocycles. The molecule has 0 bridgehead atoms. The van der Waals surface area contributed by atoms with Gasteiger partial charge >= 0.3 is 5.97 Å². The van der Waals surface area contributed by atoms with Crippen molar-refractivity contribution in [3.63, 3.8) is 0 Å². The summed E-state index contributed by atoms with van der Waals surface area (Å²) in [5.41, 5.74) is 0. The summed E-state index contributed by atoms with van der Waals surface area (Å²) >= 11 is 0. The van der Waals surface area contributed by atoms with Crippen LogP contribution in [0.15, 0.2) is 0 Å². The van der Waals surface area contributed by atoms with Crippen molar-refractivity contribution in [2.24, 2.45) is 0 Å². The summed E-state index contributed by atoms with van der Waals surface area (Å²) in [6.45, 7) is 2.18. The van der Waals surface area contributed by atoms with Crippen molar-refractivity contribution >= 4 is 5.97 Å². The molecule has 0 radical (unpaired) electrons. The Balaban J connectivity index is 3.22. The Morgan fingerprint density at radius 1 is 1.12 bits per heavy atom. The van der Waals surface area contributed by atoms with E-state index >= 15 is 0 Å². The summed E-state index contributed by atoms with van der Waals surface area (Å²) in [7, 11) is 1.78. The molecule has 0 aromatic carbocycles. The first-order chi connectivity index (χ1) is 7.70. The monoisotopic (exact) mass is 230 g/mol. The number of hydrogen-bond acceptors (Lipinski definition) is 2. The number of rotatable bonds is 11. The van der Waals surface area contributed by atoms with E-state index in [9.17, 15) is 4.79 Å². The first-order valence-corrected chi connectivity index (χ1v) is 6.45. The topological polar surface area (TPSA) is 46.5 Å². The number of aliphatic carboxylic acids is 1. The second kappa shape index (κ2) is 10.9. The summed E-state index contributed by atoms with van der Waals surface area (Å²) in [6, 6.07) is 0. The number of methoxy groups -OCH3 is 1. The third-order valence-corrected chi connectivity index (χ3v) is 2.86. The second-order valence-corrected chi connectivity index (χ2v) is 4.35. The predicted octanol–water partition coefficient (Wildman–Crippen LogP) is 3.62. The van der Waals surface area contributed by atoms with Gasteiger partial charge in [0.05, 0.1) is 6.10 Å². The molecule has 0 aliphatic carbocycles. The Hall–Kier alpha value is -0.570. The van der Waals surface area contributed by atoms with E-state index in [1.165, 1.54) is 19.3 Å². The van der Waals surface area contributed by atoms with Gasteiger partial charge in [-0.2, -0.15) is 0 Å². The van der Waals surface area contributed by atoms with Crippen LogP contribution in [-0.4, -0.2) is 24.3 Å². The van der Waals surface area contributed by atoms with Crippen molar-refractivity contribution in [2.45, 2.75) is 70.8 Å². The molecule has 96 valence electrons. The van der Waals surface area contributed by atoms with Gasteiger partial charge in [0.2, 0.25) is 0 Å². The first-order valence-electron chi connectivity index (χ1n) is 6.45. The van der Waals surface area contributed by atoms with Crippen molar-refractivity contribution in [1.29, 1.82) is 0 Å². The molecular weight excluding hydrogens is 204 g/mol. The molecule has 3 heteroatoms. The van der Waals surface area contributed by atoms with Gasteiger partial charge in [0, 0.05) is 13.5 Å². The maximum Gasteiger partial charge on any atom is 0.303 e. The highest BCUT2D eigenvalue weighted by atomic mass is 16.5. The van der Waals surface area contributed by atoms with Gasteiger partial charge in [0.1, 0.15) is 0 Å². The normalized spacial score (nSPS) is 12.6. The van der Waals surface area contributed by atoms with Crippen molar-refractivity contribution in [3.8, 4) is 0 Å². The molecule has 16 heavy (non-hydrogen) atoms. The molecule has 1 unspecified atom stereocenters. The van der Waals surface area contributed by atoms with Gasteiger partial charge in [-0.1, -0.05) is 39.0 Å². The molecule has 0 aliphatic rings. The van der Waals surface area contributed by atoms with Crippen molar-refractivity contribution in [3.05, 3.63) is 0 Å². The standard InChI is InChI=1S/C13H26O3/c1-3-9-12(16-2)10-7-5-4-6-8-11-13(14)15/h12H,3-11H2,1-2H3,(H,14,15). The number of ether oxygens (including phenoxy) is 1. The van der Waals surface area contributed by atoms with Gasteiger partial charge in [-0.05, 0) is 19.3 Å². The van der Waals surface area contributed by atoms with Crippen LogP contribution < -0.4 is 0 Å². The Bertz CT molecular complexity index is 169. The average Bonchev–Trinajstić information content (AvgIpc) is 2.26. The Morgan fingerprint density at radius 2 is 1.75 bits per heavy atom.